The molecule has 1 fully saturated rings. The lowest BCUT2D eigenvalue weighted by Crippen LogP contribution is -2.39. The number of rotatable bonds is 8. The van der Waals surface area contributed by atoms with Crippen molar-refractivity contribution in [2.24, 2.45) is 0 Å². The Morgan fingerprint density at radius 2 is 1.69 bits per heavy atom. The standard InChI is InChI=1S/C31H34F3N7O/c1-20-16-21(2)18-25(17-20)38-30-36-11-8-27(39-30)29-28(23-4-6-24(7-5-23)31(32,33)34)37-19-41(29)26-9-13-40(14-10-26)15-12-35-22(3)42/h4-8,11,16-19,26H,9-10,12-15H2,1-3H3,(H,35,42)(H,36,38,39). The van der Waals surface area contributed by atoms with Crippen LogP contribution < -0.4 is 10.6 Å². The molecule has 1 saturated heterocycles. The topological polar surface area (TPSA) is 88.0 Å². The number of aryl methyl sites for hydroxylation is 2. The van der Waals surface area contributed by atoms with Crippen LogP contribution in [0.1, 0.15) is 42.5 Å². The largest absolute Gasteiger partial charge is 0.416 e. The zero-order valence-electron chi connectivity index (χ0n) is 23.9. The van der Waals surface area contributed by atoms with E-state index in [4.69, 9.17) is 9.97 Å². The number of nitrogens with one attached hydrogen (secondary N) is 2. The molecule has 1 amide bonds. The van der Waals surface area contributed by atoms with E-state index >= 15 is 0 Å². The van der Waals surface area contributed by atoms with Crippen LogP contribution in [0.15, 0.2) is 61.1 Å². The summed E-state index contributed by atoms with van der Waals surface area (Å²) < 4.78 is 41.9. The Morgan fingerprint density at radius 3 is 2.33 bits per heavy atom. The summed E-state index contributed by atoms with van der Waals surface area (Å²) in [5, 5.41) is 6.13. The molecule has 2 aromatic carbocycles. The summed E-state index contributed by atoms with van der Waals surface area (Å²) in [7, 11) is 0. The van der Waals surface area contributed by atoms with Gasteiger partial charge in [0.2, 0.25) is 11.9 Å². The fourth-order valence-electron chi connectivity index (χ4n) is 5.46. The number of amides is 1. The summed E-state index contributed by atoms with van der Waals surface area (Å²) in [6.07, 6.45) is 0.726. The van der Waals surface area contributed by atoms with Gasteiger partial charge in [0.05, 0.1) is 29.0 Å². The summed E-state index contributed by atoms with van der Waals surface area (Å²) in [6.45, 7) is 8.63. The third-order valence-electron chi connectivity index (χ3n) is 7.41. The maximum absolute atomic E-state index is 13.3. The molecule has 5 rings (SSSR count). The molecule has 2 aromatic heterocycles. The minimum atomic E-state index is -4.42. The fraction of sp³-hybridized carbons (Fsp3) is 0.355. The van der Waals surface area contributed by atoms with Crippen LogP contribution in [0.3, 0.4) is 0 Å². The third kappa shape index (κ3) is 6.96. The molecule has 3 heterocycles. The minimum Gasteiger partial charge on any atom is -0.355 e. The van der Waals surface area contributed by atoms with Gasteiger partial charge in [-0.25, -0.2) is 15.0 Å². The quantitative estimate of drug-likeness (QED) is 0.261. The monoisotopic (exact) mass is 577 g/mol. The van der Waals surface area contributed by atoms with Gasteiger partial charge in [0, 0.05) is 56.6 Å². The predicted molar refractivity (Wildman–Crippen MR) is 156 cm³/mol. The van der Waals surface area contributed by atoms with Gasteiger partial charge in [0.1, 0.15) is 0 Å². The van der Waals surface area contributed by atoms with Crippen LogP contribution in [0.5, 0.6) is 0 Å². The number of hydrogen-bond donors (Lipinski definition) is 2. The fourth-order valence-corrected chi connectivity index (χ4v) is 5.46. The van der Waals surface area contributed by atoms with E-state index in [0.717, 1.165) is 67.1 Å². The predicted octanol–water partition coefficient (Wildman–Crippen LogP) is 6.16. The Balaban J connectivity index is 1.47. The number of likely N-dealkylation sites (tertiary alicyclic amines) is 1. The Labute approximate surface area is 243 Å². The molecule has 1 aliphatic rings. The van der Waals surface area contributed by atoms with Gasteiger partial charge in [0.15, 0.2) is 0 Å². The average molecular weight is 578 g/mol. The van der Waals surface area contributed by atoms with Gasteiger partial charge in [-0.2, -0.15) is 13.2 Å². The van der Waals surface area contributed by atoms with Crippen LogP contribution in [0.25, 0.3) is 22.6 Å². The van der Waals surface area contributed by atoms with E-state index in [1.54, 1.807) is 18.6 Å². The molecule has 4 aromatic rings. The molecule has 0 saturated carbocycles. The van der Waals surface area contributed by atoms with Crippen LogP contribution in [0, 0.1) is 13.8 Å². The van der Waals surface area contributed by atoms with E-state index < -0.39 is 11.7 Å². The highest BCUT2D eigenvalue weighted by Crippen LogP contribution is 2.37. The van der Waals surface area contributed by atoms with Gasteiger partial charge >= 0.3 is 6.18 Å². The Morgan fingerprint density at radius 1 is 1.00 bits per heavy atom. The van der Waals surface area contributed by atoms with E-state index in [1.807, 2.05) is 26.0 Å². The summed E-state index contributed by atoms with van der Waals surface area (Å²) >= 11 is 0. The van der Waals surface area contributed by atoms with Crippen LogP contribution in [-0.2, 0) is 11.0 Å². The summed E-state index contributed by atoms with van der Waals surface area (Å²) in [5.74, 6) is 0.372. The SMILES string of the molecule is CC(=O)NCCN1CCC(n2cnc(-c3ccc(C(F)(F)F)cc3)c2-c2ccnc(Nc3cc(C)cc(C)c3)n2)CC1. The molecule has 11 heteroatoms. The van der Waals surface area contributed by atoms with Gasteiger partial charge in [-0.3, -0.25) is 4.79 Å². The number of halogens is 3. The number of piperidine rings is 1. The van der Waals surface area contributed by atoms with Crippen molar-refractivity contribution in [3.63, 3.8) is 0 Å². The Hall–Kier alpha value is -4.25. The maximum Gasteiger partial charge on any atom is 0.416 e. The van der Waals surface area contributed by atoms with Gasteiger partial charge in [-0.1, -0.05) is 18.2 Å². The minimum absolute atomic E-state index is 0.0417. The van der Waals surface area contributed by atoms with Crippen LogP contribution in [0.4, 0.5) is 24.8 Å². The second-order valence-electron chi connectivity index (χ2n) is 10.7. The van der Waals surface area contributed by atoms with Crippen LogP contribution in [-0.4, -0.2) is 56.5 Å². The molecule has 220 valence electrons. The highest BCUT2D eigenvalue weighted by Gasteiger charge is 2.31. The molecule has 42 heavy (non-hydrogen) atoms. The van der Waals surface area contributed by atoms with E-state index in [0.29, 0.717) is 29.4 Å². The number of imidazole rings is 1. The molecule has 1 aliphatic heterocycles. The van der Waals surface area contributed by atoms with E-state index in [9.17, 15) is 18.0 Å². The summed E-state index contributed by atoms with van der Waals surface area (Å²) in [6, 6.07) is 13.1. The van der Waals surface area contributed by atoms with Crippen LogP contribution in [0.2, 0.25) is 0 Å². The number of carbonyl (C=O) groups excluding carboxylic acids is 1. The highest BCUT2D eigenvalue weighted by molar-refractivity contribution is 5.77. The lowest BCUT2D eigenvalue weighted by molar-refractivity contribution is -0.137. The molecular formula is C31H34F3N7O. The maximum atomic E-state index is 13.3. The van der Waals surface area contributed by atoms with Crippen molar-refractivity contribution in [1.82, 2.24) is 29.7 Å². The number of aromatic nitrogens is 4. The third-order valence-corrected chi connectivity index (χ3v) is 7.41. The van der Waals surface area contributed by atoms with Crippen molar-refractivity contribution in [3.05, 3.63) is 77.7 Å². The van der Waals surface area contributed by atoms with Gasteiger partial charge in [0.25, 0.3) is 0 Å². The number of nitrogens with zero attached hydrogens (tertiary/aromatic N) is 5. The first kappa shape index (κ1) is 29.2. The van der Waals surface area contributed by atoms with Crippen molar-refractivity contribution in [3.8, 4) is 22.6 Å². The smallest absolute Gasteiger partial charge is 0.355 e. The number of carbonyl (C=O) groups is 1. The number of hydrogen-bond acceptors (Lipinski definition) is 6. The van der Waals surface area contributed by atoms with Crippen LogP contribution >= 0.6 is 0 Å². The molecule has 0 atom stereocenters. The molecule has 0 radical (unpaired) electrons. The van der Waals surface area contributed by atoms with Gasteiger partial charge < -0.3 is 20.1 Å². The number of alkyl halides is 3. The Kier molecular flexibility index (Phi) is 8.58. The van der Waals surface area contributed by atoms with Crippen molar-refractivity contribution < 1.29 is 18.0 Å². The molecular weight excluding hydrogens is 543 g/mol. The summed E-state index contributed by atoms with van der Waals surface area (Å²) in [5.41, 5.74) is 4.88. The van der Waals surface area contributed by atoms with Crippen molar-refractivity contribution in [2.75, 3.05) is 31.5 Å². The van der Waals surface area contributed by atoms with Crippen molar-refractivity contribution in [2.45, 2.75) is 45.8 Å². The normalized spacial score (nSPS) is 14.6. The lowest BCUT2D eigenvalue weighted by atomic mass is 10.0. The number of anilines is 2. The van der Waals surface area contributed by atoms with E-state index in [-0.39, 0.29) is 11.9 Å². The number of benzene rings is 2. The second kappa shape index (κ2) is 12.3. The zero-order valence-corrected chi connectivity index (χ0v) is 23.9. The first-order valence-corrected chi connectivity index (χ1v) is 14.0. The second-order valence-corrected chi connectivity index (χ2v) is 10.7. The highest BCUT2D eigenvalue weighted by atomic mass is 19.4. The average Bonchev–Trinajstić information content (AvgIpc) is 3.38. The summed E-state index contributed by atoms with van der Waals surface area (Å²) in [4.78, 5) is 27.5. The van der Waals surface area contributed by atoms with Crippen molar-refractivity contribution >= 4 is 17.5 Å². The lowest BCUT2D eigenvalue weighted by Gasteiger charge is -2.33. The first-order chi connectivity index (χ1) is 20.1. The van der Waals surface area contributed by atoms with E-state index in [2.05, 4.69) is 31.2 Å². The molecule has 0 unspecified atom stereocenters. The van der Waals surface area contributed by atoms with Crippen molar-refractivity contribution in [1.29, 1.82) is 0 Å². The van der Waals surface area contributed by atoms with Gasteiger partial charge in [-0.05, 0) is 68.1 Å². The first-order valence-electron chi connectivity index (χ1n) is 14.0. The molecule has 0 aliphatic carbocycles. The van der Waals surface area contributed by atoms with Gasteiger partial charge in [-0.15, -0.1) is 0 Å². The molecule has 0 spiro atoms. The molecule has 2 N–H and O–H groups in total. The molecule has 0 bridgehead atoms. The zero-order chi connectivity index (χ0) is 29.9. The Bertz CT molecular complexity index is 1520. The van der Waals surface area contributed by atoms with E-state index in [1.165, 1.54) is 19.1 Å². The molecule has 8 nitrogen and oxygen atoms in total.